The molecule has 0 aromatic heterocycles. The van der Waals surface area contributed by atoms with Crippen molar-refractivity contribution in [3.8, 4) is 0 Å². The van der Waals surface area contributed by atoms with Crippen molar-refractivity contribution < 1.29 is 23.9 Å². The molecule has 0 heterocycles. The van der Waals surface area contributed by atoms with E-state index in [-0.39, 0.29) is 18.0 Å². The SMILES string of the molecule is CC(C)COC(C)ONC(=O)C=Cc1ccc(CNC(C)(Cc2ccccc2)C(=O)OC2CCCC2)cc1. The number of hydrogen-bond donors (Lipinski definition) is 2. The molecule has 2 aromatic carbocycles. The predicted octanol–water partition coefficient (Wildman–Crippen LogP) is 5.34. The Labute approximate surface area is 226 Å². The first-order valence-corrected chi connectivity index (χ1v) is 13.6. The largest absolute Gasteiger partial charge is 0.461 e. The number of nitrogens with one attached hydrogen (secondary N) is 2. The number of benzene rings is 2. The molecule has 7 nitrogen and oxygen atoms in total. The van der Waals surface area contributed by atoms with Gasteiger partial charge in [0.05, 0.1) is 6.61 Å². The van der Waals surface area contributed by atoms with E-state index < -0.39 is 11.8 Å². The number of hydroxylamine groups is 1. The summed E-state index contributed by atoms with van der Waals surface area (Å²) in [6.07, 6.45) is 7.28. The van der Waals surface area contributed by atoms with Gasteiger partial charge in [0, 0.05) is 19.0 Å². The molecule has 7 heteroatoms. The number of hydrogen-bond acceptors (Lipinski definition) is 6. The topological polar surface area (TPSA) is 85.9 Å². The second-order valence-corrected chi connectivity index (χ2v) is 10.6. The lowest BCUT2D eigenvalue weighted by Crippen LogP contribution is -2.52. The molecule has 3 rings (SSSR count). The maximum absolute atomic E-state index is 13.3. The molecule has 206 valence electrons. The standard InChI is InChI=1S/C31H42N2O5/c1-23(2)22-36-24(3)38-33-29(34)19-18-25-14-16-27(17-15-25)21-32-31(4,20-26-10-6-5-7-11-26)30(35)37-28-12-8-9-13-28/h5-7,10-11,14-19,23-24,28,32H,8-9,12-13,20-22H2,1-4H3,(H,33,34). The second kappa shape index (κ2) is 14.8. The minimum absolute atomic E-state index is 0.0175. The highest BCUT2D eigenvalue weighted by molar-refractivity contribution is 5.90. The highest BCUT2D eigenvalue weighted by Crippen LogP contribution is 2.24. The van der Waals surface area contributed by atoms with E-state index in [9.17, 15) is 9.59 Å². The first-order chi connectivity index (χ1) is 18.2. The molecule has 1 aliphatic carbocycles. The zero-order chi connectivity index (χ0) is 27.4. The molecule has 0 spiro atoms. The molecule has 0 saturated heterocycles. The highest BCUT2D eigenvalue weighted by Gasteiger charge is 2.36. The summed E-state index contributed by atoms with van der Waals surface area (Å²) in [5.74, 6) is -0.184. The fourth-order valence-corrected chi connectivity index (χ4v) is 4.25. The number of esters is 1. The molecular formula is C31H42N2O5. The average Bonchev–Trinajstić information content (AvgIpc) is 3.42. The van der Waals surface area contributed by atoms with Crippen LogP contribution in [0.2, 0.25) is 0 Å². The molecule has 2 unspecified atom stereocenters. The molecule has 0 aliphatic heterocycles. The third-order valence-corrected chi connectivity index (χ3v) is 6.51. The van der Waals surface area contributed by atoms with Crippen molar-refractivity contribution in [3.05, 3.63) is 77.4 Å². The van der Waals surface area contributed by atoms with Crippen molar-refractivity contribution in [1.82, 2.24) is 10.8 Å². The van der Waals surface area contributed by atoms with Gasteiger partial charge < -0.3 is 9.47 Å². The van der Waals surface area contributed by atoms with E-state index in [0.29, 0.717) is 25.5 Å². The van der Waals surface area contributed by atoms with Crippen LogP contribution in [0.5, 0.6) is 0 Å². The number of ether oxygens (including phenoxy) is 2. The van der Waals surface area contributed by atoms with Crippen LogP contribution in [0.25, 0.3) is 6.08 Å². The molecule has 1 aliphatic rings. The lowest BCUT2D eigenvalue weighted by Gasteiger charge is -2.30. The van der Waals surface area contributed by atoms with E-state index >= 15 is 0 Å². The normalized spacial score (nSPS) is 16.4. The van der Waals surface area contributed by atoms with Gasteiger partial charge in [-0.1, -0.05) is 68.4 Å². The monoisotopic (exact) mass is 522 g/mol. The minimum Gasteiger partial charge on any atom is -0.461 e. The van der Waals surface area contributed by atoms with E-state index in [1.54, 1.807) is 13.0 Å². The smallest absolute Gasteiger partial charge is 0.326 e. The number of amides is 1. The van der Waals surface area contributed by atoms with Gasteiger partial charge in [-0.15, -0.1) is 0 Å². The molecule has 2 N–H and O–H groups in total. The van der Waals surface area contributed by atoms with Crippen molar-refractivity contribution in [2.24, 2.45) is 5.92 Å². The van der Waals surface area contributed by atoms with E-state index in [0.717, 1.165) is 42.4 Å². The molecule has 1 amide bonds. The van der Waals surface area contributed by atoms with Crippen LogP contribution >= 0.6 is 0 Å². The molecule has 1 fully saturated rings. The van der Waals surface area contributed by atoms with Crippen LogP contribution in [0.3, 0.4) is 0 Å². The first-order valence-electron chi connectivity index (χ1n) is 13.6. The first kappa shape index (κ1) is 29.6. The summed E-state index contributed by atoms with van der Waals surface area (Å²) in [5, 5.41) is 3.46. The zero-order valence-electron chi connectivity index (χ0n) is 23.1. The molecule has 2 aromatic rings. The third-order valence-electron chi connectivity index (χ3n) is 6.51. The van der Waals surface area contributed by atoms with Crippen LogP contribution in [-0.2, 0) is 36.9 Å². The van der Waals surface area contributed by atoms with E-state index in [1.807, 2.05) is 75.4 Å². The van der Waals surface area contributed by atoms with Crippen molar-refractivity contribution in [3.63, 3.8) is 0 Å². The third kappa shape index (κ3) is 10.0. The van der Waals surface area contributed by atoms with Crippen LogP contribution in [0, 0.1) is 5.92 Å². The van der Waals surface area contributed by atoms with Crippen LogP contribution in [0.15, 0.2) is 60.7 Å². The van der Waals surface area contributed by atoms with Gasteiger partial charge >= 0.3 is 5.97 Å². The zero-order valence-corrected chi connectivity index (χ0v) is 23.1. The van der Waals surface area contributed by atoms with Gasteiger partial charge in [0.1, 0.15) is 11.6 Å². The Hall–Kier alpha value is -3.00. The molecule has 0 radical (unpaired) electrons. The summed E-state index contributed by atoms with van der Waals surface area (Å²) in [6.45, 7) is 8.81. The second-order valence-electron chi connectivity index (χ2n) is 10.6. The highest BCUT2D eigenvalue weighted by atomic mass is 16.8. The Morgan fingerprint density at radius 3 is 2.34 bits per heavy atom. The maximum Gasteiger partial charge on any atom is 0.326 e. The minimum atomic E-state index is -0.851. The van der Waals surface area contributed by atoms with Gasteiger partial charge in [-0.25, -0.2) is 10.3 Å². The fraction of sp³-hybridized carbons (Fsp3) is 0.484. The quantitative estimate of drug-likeness (QED) is 0.151. The maximum atomic E-state index is 13.3. The van der Waals surface area contributed by atoms with Gasteiger partial charge in [-0.2, -0.15) is 0 Å². The fourth-order valence-electron chi connectivity index (χ4n) is 4.25. The summed E-state index contributed by atoms with van der Waals surface area (Å²) in [4.78, 5) is 30.5. The van der Waals surface area contributed by atoms with Gasteiger partial charge in [0.25, 0.3) is 5.91 Å². The lowest BCUT2D eigenvalue weighted by atomic mass is 9.92. The van der Waals surface area contributed by atoms with E-state index in [2.05, 4.69) is 10.8 Å². The van der Waals surface area contributed by atoms with Crippen LogP contribution in [-0.4, -0.2) is 36.4 Å². The van der Waals surface area contributed by atoms with Crippen LogP contribution in [0.1, 0.15) is 70.1 Å². The summed E-state index contributed by atoms with van der Waals surface area (Å²) >= 11 is 0. The Bertz CT molecular complexity index is 1030. The number of rotatable bonds is 14. The lowest BCUT2D eigenvalue weighted by molar-refractivity contribution is -0.180. The number of carbonyl (C=O) groups excluding carboxylic acids is 2. The molecule has 38 heavy (non-hydrogen) atoms. The summed E-state index contributed by atoms with van der Waals surface area (Å²) in [5.41, 5.74) is 4.51. The van der Waals surface area contributed by atoms with Crippen molar-refractivity contribution in [1.29, 1.82) is 0 Å². The van der Waals surface area contributed by atoms with Gasteiger partial charge in [0.2, 0.25) is 0 Å². The Morgan fingerprint density at radius 1 is 1.00 bits per heavy atom. The molecule has 0 bridgehead atoms. The summed E-state index contributed by atoms with van der Waals surface area (Å²) < 4.78 is 11.4. The van der Waals surface area contributed by atoms with Gasteiger partial charge in [-0.05, 0) is 68.2 Å². The molecule has 1 saturated carbocycles. The molecule has 2 atom stereocenters. The molecular weight excluding hydrogens is 480 g/mol. The van der Waals surface area contributed by atoms with Gasteiger partial charge in [0.15, 0.2) is 6.29 Å². The van der Waals surface area contributed by atoms with Crippen molar-refractivity contribution >= 4 is 18.0 Å². The van der Waals surface area contributed by atoms with Gasteiger partial charge in [-0.3, -0.25) is 14.9 Å². The van der Waals surface area contributed by atoms with Crippen molar-refractivity contribution in [2.75, 3.05) is 6.61 Å². The predicted molar refractivity (Wildman–Crippen MR) is 149 cm³/mol. The summed E-state index contributed by atoms with van der Waals surface area (Å²) in [7, 11) is 0. The Morgan fingerprint density at radius 2 is 1.68 bits per heavy atom. The number of carbonyl (C=O) groups is 2. The van der Waals surface area contributed by atoms with Crippen LogP contribution < -0.4 is 10.8 Å². The Balaban J connectivity index is 1.54. The van der Waals surface area contributed by atoms with E-state index in [4.69, 9.17) is 14.3 Å². The van der Waals surface area contributed by atoms with Crippen LogP contribution in [0.4, 0.5) is 0 Å². The van der Waals surface area contributed by atoms with Crippen molar-refractivity contribution in [2.45, 2.75) is 84.3 Å². The summed E-state index contributed by atoms with van der Waals surface area (Å²) in [6, 6.07) is 17.8. The average molecular weight is 523 g/mol. The van der Waals surface area contributed by atoms with E-state index in [1.165, 1.54) is 6.08 Å². The Kier molecular flexibility index (Phi) is 11.5.